The van der Waals surface area contributed by atoms with Crippen molar-refractivity contribution < 1.29 is 23.8 Å². The molecule has 2 rings (SSSR count). The number of esters is 1. The number of halogens is 1. The largest absolute Gasteiger partial charge is 0.464 e. The zero-order valence-corrected chi connectivity index (χ0v) is 16.2. The predicted octanol–water partition coefficient (Wildman–Crippen LogP) is 4.38. The molecule has 2 aromatic carbocycles. The number of aliphatic hydroxyl groups is 1. The van der Waals surface area contributed by atoms with Crippen molar-refractivity contribution in [2.75, 3.05) is 19.8 Å². The Hall–Kier alpha value is -1.89. The Bertz CT molecular complexity index is 678. The molecule has 146 valence electrons. The second-order valence-corrected chi connectivity index (χ2v) is 7.27. The third-order valence-electron chi connectivity index (χ3n) is 3.82. The van der Waals surface area contributed by atoms with Gasteiger partial charge in [-0.15, -0.1) is 11.8 Å². The van der Waals surface area contributed by atoms with E-state index in [1.165, 1.54) is 23.9 Å². The van der Waals surface area contributed by atoms with Crippen molar-refractivity contribution in [3.63, 3.8) is 0 Å². The van der Waals surface area contributed by atoms with Gasteiger partial charge in [0.25, 0.3) is 0 Å². The minimum atomic E-state index is -0.842. The summed E-state index contributed by atoms with van der Waals surface area (Å²) in [6, 6.07) is 15.7. The molecule has 0 aliphatic heterocycles. The molecule has 0 amide bonds. The Morgan fingerprint density at radius 2 is 1.85 bits per heavy atom. The summed E-state index contributed by atoms with van der Waals surface area (Å²) in [6.45, 7) is 2.21. The Kier molecular flexibility index (Phi) is 9.31. The zero-order valence-electron chi connectivity index (χ0n) is 15.3. The van der Waals surface area contributed by atoms with E-state index in [4.69, 9.17) is 9.47 Å². The van der Waals surface area contributed by atoms with Gasteiger partial charge in [-0.2, -0.15) is 0 Å². The molecule has 2 aromatic rings. The van der Waals surface area contributed by atoms with E-state index < -0.39 is 12.1 Å². The second-order valence-electron chi connectivity index (χ2n) is 6.06. The molecule has 0 aliphatic rings. The Balaban J connectivity index is 1.94. The number of carbonyl (C=O) groups is 1. The van der Waals surface area contributed by atoms with Crippen LogP contribution in [0.15, 0.2) is 59.5 Å². The number of thioether (sulfide) groups is 1. The maximum atomic E-state index is 13.1. The summed E-state index contributed by atoms with van der Waals surface area (Å²) in [6.07, 6.45) is 0.927. The van der Waals surface area contributed by atoms with Crippen LogP contribution in [0.2, 0.25) is 0 Å². The minimum absolute atomic E-state index is 0.00334. The SMILES string of the molecule is CCCCOC(=O)COCC(O)C(Sc1ccc(F)cc1)c1ccccc1. The molecule has 6 heteroatoms. The van der Waals surface area contributed by atoms with Gasteiger partial charge in [-0.05, 0) is 36.2 Å². The average Bonchev–Trinajstić information content (AvgIpc) is 2.68. The molecule has 0 aromatic heterocycles. The average molecular weight is 392 g/mol. The van der Waals surface area contributed by atoms with Crippen LogP contribution in [0.1, 0.15) is 30.6 Å². The maximum absolute atomic E-state index is 13.1. The number of benzene rings is 2. The quantitative estimate of drug-likeness (QED) is 0.349. The van der Waals surface area contributed by atoms with Crippen LogP contribution in [0.4, 0.5) is 4.39 Å². The Morgan fingerprint density at radius 3 is 2.52 bits per heavy atom. The molecule has 0 spiro atoms. The van der Waals surface area contributed by atoms with E-state index in [9.17, 15) is 14.3 Å². The number of aliphatic hydroxyl groups excluding tert-OH is 1. The number of ether oxygens (including phenoxy) is 2. The topological polar surface area (TPSA) is 55.8 Å². The summed E-state index contributed by atoms with van der Waals surface area (Å²) in [5.41, 5.74) is 0.924. The minimum Gasteiger partial charge on any atom is -0.464 e. The van der Waals surface area contributed by atoms with E-state index >= 15 is 0 Å². The molecule has 0 fully saturated rings. The molecule has 0 aliphatic carbocycles. The summed E-state index contributed by atoms with van der Waals surface area (Å²) >= 11 is 1.42. The lowest BCUT2D eigenvalue weighted by Gasteiger charge is -2.23. The highest BCUT2D eigenvalue weighted by Crippen LogP contribution is 2.38. The van der Waals surface area contributed by atoms with Crippen LogP contribution >= 0.6 is 11.8 Å². The smallest absolute Gasteiger partial charge is 0.332 e. The van der Waals surface area contributed by atoms with Gasteiger partial charge in [0.1, 0.15) is 12.4 Å². The van der Waals surface area contributed by atoms with Crippen LogP contribution in [0.5, 0.6) is 0 Å². The number of rotatable bonds is 11. The highest BCUT2D eigenvalue weighted by molar-refractivity contribution is 7.99. The Labute approximate surface area is 163 Å². The van der Waals surface area contributed by atoms with Crippen LogP contribution in [-0.2, 0) is 14.3 Å². The lowest BCUT2D eigenvalue weighted by atomic mass is 10.1. The molecular weight excluding hydrogens is 367 g/mol. The van der Waals surface area contributed by atoms with E-state index in [0.717, 1.165) is 23.3 Å². The van der Waals surface area contributed by atoms with Crippen molar-refractivity contribution in [1.29, 1.82) is 0 Å². The fourth-order valence-corrected chi connectivity index (χ4v) is 3.51. The highest BCUT2D eigenvalue weighted by atomic mass is 32.2. The van der Waals surface area contributed by atoms with Crippen LogP contribution in [0, 0.1) is 5.82 Å². The molecule has 0 heterocycles. The predicted molar refractivity (Wildman–Crippen MR) is 104 cm³/mol. The van der Waals surface area contributed by atoms with Crippen LogP contribution in [0.25, 0.3) is 0 Å². The van der Waals surface area contributed by atoms with Gasteiger partial charge in [-0.25, -0.2) is 9.18 Å². The molecule has 4 nitrogen and oxygen atoms in total. The van der Waals surface area contributed by atoms with Crippen molar-refractivity contribution in [3.8, 4) is 0 Å². The van der Waals surface area contributed by atoms with Gasteiger partial charge in [0.05, 0.1) is 24.6 Å². The van der Waals surface area contributed by atoms with Crippen LogP contribution in [0.3, 0.4) is 0 Å². The van der Waals surface area contributed by atoms with Crippen molar-refractivity contribution >= 4 is 17.7 Å². The lowest BCUT2D eigenvalue weighted by Crippen LogP contribution is -2.25. The molecule has 0 saturated carbocycles. The molecular formula is C21H25FO4S. The summed E-state index contributed by atoms with van der Waals surface area (Å²) in [5, 5.41) is 10.3. The number of hydrogen-bond acceptors (Lipinski definition) is 5. The normalized spacial score (nSPS) is 13.1. The van der Waals surface area contributed by atoms with Gasteiger partial charge in [-0.3, -0.25) is 0 Å². The number of unbranched alkanes of at least 4 members (excludes halogenated alkanes) is 1. The summed E-state index contributed by atoms with van der Waals surface area (Å²) in [7, 11) is 0. The highest BCUT2D eigenvalue weighted by Gasteiger charge is 2.23. The molecule has 2 atom stereocenters. The fourth-order valence-electron chi connectivity index (χ4n) is 2.39. The number of carbonyl (C=O) groups excluding carboxylic acids is 1. The van der Waals surface area contributed by atoms with Gasteiger partial charge < -0.3 is 14.6 Å². The van der Waals surface area contributed by atoms with Gasteiger partial charge in [0, 0.05) is 4.90 Å². The van der Waals surface area contributed by atoms with Crippen molar-refractivity contribution in [3.05, 3.63) is 66.0 Å². The molecule has 0 saturated heterocycles. The van der Waals surface area contributed by atoms with Crippen molar-refractivity contribution in [2.45, 2.75) is 36.0 Å². The Morgan fingerprint density at radius 1 is 1.15 bits per heavy atom. The second kappa shape index (κ2) is 11.7. The van der Waals surface area contributed by atoms with Crippen LogP contribution < -0.4 is 0 Å². The first-order valence-corrected chi connectivity index (χ1v) is 9.86. The summed E-state index contributed by atoms with van der Waals surface area (Å²) < 4.78 is 23.5. The van der Waals surface area contributed by atoms with E-state index in [1.807, 2.05) is 37.3 Å². The van der Waals surface area contributed by atoms with Gasteiger partial charge in [-0.1, -0.05) is 43.7 Å². The third kappa shape index (κ3) is 7.71. The summed E-state index contributed by atoms with van der Waals surface area (Å²) in [4.78, 5) is 12.4. The first-order chi connectivity index (χ1) is 13.1. The van der Waals surface area contributed by atoms with Gasteiger partial charge >= 0.3 is 5.97 Å². The number of hydrogen-bond donors (Lipinski definition) is 1. The van der Waals surface area contributed by atoms with E-state index in [0.29, 0.717) is 6.61 Å². The van der Waals surface area contributed by atoms with Gasteiger partial charge in [0.15, 0.2) is 0 Å². The van der Waals surface area contributed by atoms with Crippen molar-refractivity contribution in [1.82, 2.24) is 0 Å². The fraction of sp³-hybridized carbons (Fsp3) is 0.381. The van der Waals surface area contributed by atoms with E-state index in [2.05, 4.69) is 0 Å². The van der Waals surface area contributed by atoms with Crippen LogP contribution in [-0.4, -0.2) is 37.0 Å². The first-order valence-electron chi connectivity index (χ1n) is 8.98. The summed E-state index contributed by atoms with van der Waals surface area (Å²) in [5.74, 6) is -0.737. The molecule has 0 bridgehead atoms. The molecule has 2 unspecified atom stereocenters. The third-order valence-corrected chi connectivity index (χ3v) is 5.21. The zero-order chi connectivity index (χ0) is 19.5. The monoisotopic (exact) mass is 392 g/mol. The molecule has 27 heavy (non-hydrogen) atoms. The van der Waals surface area contributed by atoms with E-state index in [-0.39, 0.29) is 24.3 Å². The lowest BCUT2D eigenvalue weighted by molar-refractivity contribution is -0.150. The first kappa shape index (κ1) is 21.4. The van der Waals surface area contributed by atoms with Gasteiger partial charge in [0.2, 0.25) is 0 Å². The molecule has 1 N–H and O–H groups in total. The molecule has 0 radical (unpaired) electrons. The van der Waals surface area contributed by atoms with E-state index in [1.54, 1.807) is 12.1 Å². The van der Waals surface area contributed by atoms with Crippen molar-refractivity contribution in [2.24, 2.45) is 0 Å². The maximum Gasteiger partial charge on any atom is 0.332 e. The standard InChI is InChI=1S/C21H25FO4S/c1-2-3-13-26-20(24)15-25-14-19(23)21(16-7-5-4-6-8-16)27-18-11-9-17(22)10-12-18/h4-12,19,21,23H,2-3,13-15H2,1H3.